The molecule has 0 aromatic carbocycles. The van der Waals surface area contributed by atoms with Gasteiger partial charge in [0.05, 0.1) is 62.3 Å². The molecule has 49 heavy (non-hydrogen) atoms. The molecule has 4 heterocycles. The van der Waals surface area contributed by atoms with Crippen molar-refractivity contribution in [2.75, 3.05) is 78.8 Å². The highest BCUT2D eigenvalue weighted by molar-refractivity contribution is 6.20. The van der Waals surface area contributed by atoms with Crippen LogP contribution in [0, 0.1) is 29.6 Å². The Kier molecular flexibility index (Phi) is 10.4. The third-order valence-electron chi connectivity index (χ3n) is 13.4. The van der Waals surface area contributed by atoms with E-state index >= 15 is 4.39 Å². The summed E-state index contributed by atoms with van der Waals surface area (Å²) in [5.74, 6) is 0.0501. The summed E-state index contributed by atoms with van der Waals surface area (Å²) < 4.78 is 34.1. The number of rotatable bonds is 10. The van der Waals surface area contributed by atoms with E-state index < -0.39 is 24.2 Å². The summed E-state index contributed by atoms with van der Waals surface area (Å²) in [5.41, 5.74) is 0.149. The average molecular weight is 686 g/mol. The van der Waals surface area contributed by atoms with Gasteiger partial charge in [0, 0.05) is 56.7 Å². The number of morpholine rings is 3. The van der Waals surface area contributed by atoms with Gasteiger partial charge in [-0.1, -0.05) is 12.8 Å². The van der Waals surface area contributed by atoms with Crippen LogP contribution < -0.4 is 10.6 Å². The first-order valence-corrected chi connectivity index (χ1v) is 19.5. The molecular formula is C37H56FN5O6. The predicted octanol–water partition coefficient (Wildman–Crippen LogP) is 1.55. The lowest BCUT2D eigenvalue weighted by atomic mass is 9.66. The summed E-state index contributed by atoms with van der Waals surface area (Å²) in [4.78, 5) is 48.4. The molecule has 12 heteroatoms. The van der Waals surface area contributed by atoms with E-state index in [0.717, 1.165) is 104 Å². The molecule has 2 N–H and O–H groups in total. The number of nitrogens with one attached hydrogen (secondary N) is 2. The van der Waals surface area contributed by atoms with Crippen molar-refractivity contribution in [2.45, 2.75) is 94.3 Å². The maximum absolute atomic E-state index is 16.3. The second kappa shape index (κ2) is 14.9. The standard InChI is InChI=1S/C37H56FN5O6/c38-29-19-27-33-36(32(29)39-7-3-9-41-11-15-47-16-12-41)49-31-21-26-25(23-5-1-2-6-24(23)34(26)44)20-30(31)43(33)22-28(35(27)45)37(46)40-8-4-10-42-13-17-48-18-14-42/h22-27,29-33,36,39H,1-21H2,(H,40,46). The van der Waals surface area contributed by atoms with Crippen molar-refractivity contribution in [1.29, 1.82) is 0 Å². The van der Waals surface area contributed by atoms with Crippen LogP contribution in [0.5, 0.6) is 0 Å². The number of carbonyl (C=O) groups excluding carboxylic acids is 3. The molecule has 0 spiro atoms. The summed E-state index contributed by atoms with van der Waals surface area (Å²) in [6, 6.07) is -0.911. The third kappa shape index (κ3) is 6.75. The van der Waals surface area contributed by atoms with E-state index in [1.165, 1.54) is 6.42 Å². The Morgan fingerprint density at radius 1 is 0.837 bits per heavy atom. The second-order valence-electron chi connectivity index (χ2n) is 16.0. The Hall–Kier alpha value is -1.96. The molecule has 11 unspecified atom stereocenters. The van der Waals surface area contributed by atoms with Crippen LogP contribution >= 0.6 is 0 Å². The summed E-state index contributed by atoms with van der Waals surface area (Å²) in [6.07, 6.45) is 7.40. The molecule has 4 aliphatic heterocycles. The monoisotopic (exact) mass is 685 g/mol. The van der Waals surface area contributed by atoms with Gasteiger partial charge in [-0.05, 0) is 76.4 Å². The van der Waals surface area contributed by atoms with Crippen LogP contribution in [-0.2, 0) is 28.6 Å². The Labute approximate surface area is 290 Å². The molecule has 272 valence electrons. The van der Waals surface area contributed by atoms with Gasteiger partial charge in [0.1, 0.15) is 12.0 Å². The van der Waals surface area contributed by atoms with Gasteiger partial charge in [0.2, 0.25) is 0 Å². The van der Waals surface area contributed by atoms with Gasteiger partial charge < -0.3 is 29.7 Å². The van der Waals surface area contributed by atoms with Gasteiger partial charge in [-0.3, -0.25) is 24.2 Å². The number of ether oxygens (including phenoxy) is 3. The number of fused-ring (bicyclic) bond motifs is 5. The largest absolute Gasteiger partial charge is 0.379 e. The van der Waals surface area contributed by atoms with E-state index in [0.29, 0.717) is 37.1 Å². The Morgan fingerprint density at radius 2 is 1.53 bits per heavy atom. The van der Waals surface area contributed by atoms with Gasteiger partial charge in [-0.15, -0.1) is 0 Å². The normalized spacial score (nSPS) is 41.0. The molecule has 0 aromatic rings. The number of hydrogen-bond acceptors (Lipinski definition) is 10. The second-order valence-corrected chi connectivity index (χ2v) is 16.0. The molecule has 4 aliphatic carbocycles. The zero-order valence-corrected chi connectivity index (χ0v) is 28.9. The lowest BCUT2D eigenvalue weighted by Gasteiger charge is -2.60. The molecule has 7 fully saturated rings. The molecule has 4 saturated carbocycles. The minimum atomic E-state index is -1.28. The third-order valence-corrected chi connectivity index (χ3v) is 13.4. The molecule has 3 saturated heterocycles. The fourth-order valence-corrected chi connectivity index (χ4v) is 11.0. The van der Waals surface area contributed by atoms with Gasteiger partial charge >= 0.3 is 0 Å². The van der Waals surface area contributed by atoms with E-state index in [1.807, 2.05) is 6.20 Å². The summed E-state index contributed by atoms with van der Waals surface area (Å²) >= 11 is 0. The molecule has 8 rings (SSSR count). The van der Waals surface area contributed by atoms with E-state index in [9.17, 15) is 14.4 Å². The molecule has 11 nitrogen and oxygen atoms in total. The average Bonchev–Trinajstić information content (AvgIpc) is 3.40. The fraction of sp³-hybridized carbons (Fsp3) is 0.865. The number of Topliss-reactive ketones (excluding diaryl/α,β-unsaturated/α-hetero) is 2. The minimum absolute atomic E-state index is 0.00368. The van der Waals surface area contributed by atoms with Crippen molar-refractivity contribution in [3.8, 4) is 0 Å². The number of halogens is 1. The van der Waals surface area contributed by atoms with Crippen LogP contribution in [0.25, 0.3) is 0 Å². The molecule has 0 bridgehead atoms. The van der Waals surface area contributed by atoms with Crippen LogP contribution in [0.4, 0.5) is 4.39 Å². The van der Waals surface area contributed by atoms with Crippen LogP contribution in [-0.4, -0.2) is 147 Å². The molecule has 8 aliphatic rings. The zero-order chi connectivity index (χ0) is 33.5. The van der Waals surface area contributed by atoms with Crippen molar-refractivity contribution >= 4 is 17.5 Å². The number of amides is 1. The summed E-state index contributed by atoms with van der Waals surface area (Å²) in [6.45, 7) is 9.52. The number of nitrogens with zero attached hydrogens (tertiary/aromatic N) is 3. The Balaban J connectivity index is 1.01. The molecule has 1 amide bonds. The van der Waals surface area contributed by atoms with Gasteiger partial charge in [0.15, 0.2) is 5.78 Å². The zero-order valence-electron chi connectivity index (χ0n) is 28.9. The lowest BCUT2D eigenvalue weighted by Crippen LogP contribution is -2.73. The van der Waals surface area contributed by atoms with E-state index in [4.69, 9.17) is 14.2 Å². The SMILES string of the molecule is O=C(NCCCN1CCOCC1)C1=CN2C3CC4C(CC3OC3C(NCCCN5CCOCC5)C(F)CC(C1=O)C32)C(=O)C1CCCCC14. The fourth-order valence-electron chi connectivity index (χ4n) is 11.0. The quantitative estimate of drug-likeness (QED) is 0.260. The first-order valence-electron chi connectivity index (χ1n) is 19.5. The van der Waals surface area contributed by atoms with Crippen LogP contribution in [0.15, 0.2) is 11.8 Å². The summed E-state index contributed by atoms with van der Waals surface area (Å²) in [7, 11) is 0. The molecule has 11 atom stereocenters. The number of carbonyl (C=O) groups is 3. The highest BCUT2D eigenvalue weighted by atomic mass is 19.1. The van der Waals surface area contributed by atoms with Crippen LogP contribution in [0.3, 0.4) is 0 Å². The van der Waals surface area contributed by atoms with Crippen molar-refractivity contribution in [2.24, 2.45) is 29.6 Å². The summed E-state index contributed by atoms with van der Waals surface area (Å²) in [5, 5.41) is 6.54. The van der Waals surface area contributed by atoms with Crippen molar-refractivity contribution in [3.05, 3.63) is 11.8 Å². The van der Waals surface area contributed by atoms with Crippen LogP contribution in [0.2, 0.25) is 0 Å². The topological polar surface area (TPSA) is 113 Å². The molecule has 0 aromatic heterocycles. The highest BCUT2D eigenvalue weighted by Crippen LogP contribution is 2.55. The van der Waals surface area contributed by atoms with E-state index in [2.05, 4.69) is 25.3 Å². The maximum Gasteiger partial charge on any atom is 0.256 e. The number of alkyl halides is 1. The first-order chi connectivity index (χ1) is 24.0. The van der Waals surface area contributed by atoms with E-state index in [-0.39, 0.29) is 53.7 Å². The highest BCUT2D eigenvalue weighted by Gasteiger charge is 2.62. The van der Waals surface area contributed by atoms with Gasteiger partial charge in [-0.25, -0.2) is 4.39 Å². The predicted molar refractivity (Wildman–Crippen MR) is 179 cm³/mol. The van der Waals surface area contributed by atoms with Gasteiger partial charge in [-0.2, -0.15) is 0 Å². The molecule has 0 radical (unpaired) electrons. The number of ketones is 2. The number of hydrogen-bond donors (Lipinski definition) is 2. The van der Waals surface area contributed by atoms with Crippen molar-refractivity contribution in [3.63, 3.8) is 0 Å². The Morgan fingerprint density at radius 3 is 2.27 bits per heavy atom. The smallest absolute Gasteiger partial charge is 0.256 e. The molecular weight excluding hydrogens is 629 g/mol. The van der Waals surface area contributed by atoms with Crippen molar-refractivity contribution in [1.82, 2.24) is 25.3 Å². The maximum atomic E-state index is 16.3. The first kappa shape index (κ1) is 34.1. The minimum Gasteiger partial charge on any atom is -0.379 e. The van der Waals surface area contributed by atoms with E-state index in [1.54, 1.807) is 0 Å². The lowest BCUT2D eigenvalue weighted by molar-refractivity contribution is -0.206. The van der Waals surface area contributed by atoms with Gasteiger partial charge in [0.25, 0.3) is 5.91 Å². The van der Waals surface area contributed by atoms with Crippen LogP contribution in [0.1, 0.15) is 57.8 Å². The Bertz CT molecular complexity index is 1260. The van der Waals surface area contributed by atoms with Crippen molar-refractivity contribution < 1.29 is 33.0 Å².